The van der Waals surface area contributed by atoms with Gasteiger partial charge in [0, 0.05) is 11.8 Å². The second kappa shape index (κ2) is 8.84. The first-order valence-electron chi connectivity index (χ1n) is 8.92. The Bertz CT molecular complexity index is 672. The Labute approximate surface area is 152 Å². The molecule has 0 unspecified atom stereocenters. The average Bonchev–Trinajstić information content (AvgIpc) is 2.53. The Morgan fingerprint density at radius 1 is 0.880 bits per heavy atom. The maximum absolute atomic E-state index is 10.8. The topological polar surface area (TPSA) is 37.3 Å². The van der Waals surface area contributed by atoms with E-state index in [1.165, 1.54) is 22.3 Å². The summed E-state index contributed by atoms with van der Waals surface area (Å²) in [6, 6.07) is 12.4. The van der Waals surface area contributed by atoms with Crippen molar-refractivity contribution in [2.75, 3.05) is 0 Å². The van der Waals surface area contributed by atoms with Crippen LogP contribution in [0.25, 0.3) is 0 Å². The fourth-order valence-electron chi connectivity index (χ4n) is 2.51. The van der Waals surface area contributed by atoms with Crippen LogP contribution in [0.3, 0.4) is 0 Å². The van der Waals surface area contributed by atoms with Crippen molar-refractivity contribution >= 4 is 5.78 Å². The highest BCUT2D eigenvalue weighted by Crippen LogP contribution is 2.20. The minimum absolute atomic E-state index is 0.130. The second-order valence-electron chi connectivity index (χ2n) is 7.74. The summed E-state index contributed by atoms with van der Waals surface area (Å²) in [6.45, 7) is 13.9. The summed E-state index contributed by atoms with van der Waals surface area (Å²) >= 11 is 0. The number of aromatic hydroxyl groups is 1. The number of hydrogen-bond donors (Lipinski definition) is 1. The molecular weight excluding hydrogens is 308 g/mol. The zero-order chi connectivity index (χ0) is 19.2. The fraction of sp³-hybridized carbons (Fsp3) is 0.435. The van der Waals surface area contributed by atoms with Crippen molar-refractivity contribution in [3.8, 4) is 5.75 Å². The summed E-state index contributed by atoms with van der Waals surface area (Å²) in [4.78, 5) is 10.8. The molecule has 0 aromatic heterocycles. The van der Waals surface area contributed by atoms with Crippen LogP contribution >= 0.6 is 0 Å². The number of aryl methyl sites for hydroxylation is 3. The first kappa shape index (κ1) is 21.0. The van der Waals surface area contributed by atoms with Crippen LogP contribution in [0.5, 0.6) is 5.75 Å². The van der Waals surface area contributed by atoms with E-state index in [1.54, 1.807) is 6.07 Å². The van der Waals surface area contributed by atoms with Crippen LogP contribution in [-0.2, 0) is 11.2 Å². The lowest BCUT2D eigenvalue weighted by Gasteiger charge is -2.13. The van der Waals surface area contributed by atoms with Gasteiger partial charge in [-0.05, 0) is 61.1 Å². The van der Waals surface area contributed by atoms with Gasteiger partial charge in [-0.25, -0.2) is 0 Å². The molecule has 0 saturated carbocycles. The summed E-state index contributed by atoms with van der Waals surface area (Å²) in [5, 5.41) is 9.49. The van der Waals surface area contributed by atoms with Crippen molar-refractivity contribution < 1.29 is 9.90 Å². The number of phenols is 1. The summed E-state index contributed by atoms with van der Waals surface area (Å²) in [6.07, 6.45) is 1.58. The van der Waals surface area contributed by atoms with Crippen LogP contribution in [0.15, 0.2) is 36.4 Å². The van der Waals surface area contributed by atoms with E-state index >= 15 is 0 Å². The van der Waals surface area contributed by atoms with Crippen LogP contribution in [0.1, 0.15) is 61.9 Å². The number of rotatable bonds is 3. The van der Waals surface area contributed by atoms with Crippen LogP contribution in [0.2, 0.25) is 0 Å². The lowest BCUT2D eigenvalue weighted by atomic mass is 9.90. The standard InChI is InChI=1S/C16H18O.C7H14O/c1-11-4-5-14(8-12(11)2)10-15-6-7-16(17)13(3)9-15;1-5-6(8)7(2,3)4/h4-9,17H,10H2,1-3H3;5H2,1-4H3. The van der Waals surface area contributed by atoms with Gasteiger partial charge < -0.3 is 5.11 Å². The number of Topliss-reactive ketones (excluding diaryl/α,β-unsaturated/α-hetero) is 1. The number of hydrogen-bond acceptors (Lipinski definition) is 2. The molecule has 0 radical (unpaired) electrons. The first-order chi connectivity index (χ1) is 11.5. The third-order valence-corrected chi connectivity index (χ3v) is 4.40. The molecule has 1 N–H and O–H groups in total. The molecule has 0 spiro atoms. The largest absolute Gasteiger partial charge is 0.508 e. The number of ketones is 1. The van der Waals surface area contributed by atoms with Crippen LogP contribution in [-0.4, -0.2) is 10.9 Å². The highest BCUT2D eigenvalue weighted by atomic mass is 16.3. The van der Waals surface area contributed by atoms with Crippen molar-refractivity contribution in [1.29, 1.82) is 0 Å². The van der Waals surface area contributed by atoms with Crippen molar-refractivity contribution in [1.82, 2.24) is 0 Å². The maximum atomic E-state index is 10.8. The van der Waals surface area contributed by atoms with E-state index in [0.717, 1.165) is 12.0 Å². The number of carbonyl (C=O) groups is 1. The molecule has 0 aliphatic heterocycles. The third-order valence-electron chi connectivity index (χ3n) is 4.40. The van der Waals surface area contributed by atoms with E-state index in [-0.39, 0.29) is 5.41 Å². The predicted molar refractivity (Wildman–Crippen MR) is 106 cm³/mol. The Morgan fingerprint density at radius 3 is 1.80 bits per heavy atom. The SMILES string of the molecule is CCC(=O)C(C)(C)C.Cc1ccc(Cc2ccc(O)c(C)c2)cc1C. The van der Waals surface area contributed by atoms with Gasteiger partial charge in [-0.2, -0.15) is 0 Å². The molecule has 0 aliphatic rings. The molecule has 0 heterocycles. The molecule has 0 fully saturated rings. The molecule has 25 heavy (non-hydrogen) atoms. The van der Waals surface area contributed by atoms with E-state index in [1.807, 2.05) is 46.8 Å². The highest BCUT2D eigenvalue weighted by molar-refractivity contribution is 5.83. The zero-order valence-corrected chi connectivity index (χ0v) is 16.7. The molecular formula is C23H32O2. The predicted octanol–water partition coefficient (Wildman–Crippen LogP) is 5.92. The van der Waals surface area contributed by atoms with Gasteiger partial charge in [-0.15, -0.1) is 0 Å². The summed E-state index contributed by atoms with van der Waals surface area (Å²) in [5.41, 5.74) is 6.02. The van der Waals surface area contributed by atoms with E-state index < -0.39 is 0 Å². The second-order valence-corrected chi connectivity index (χ2v) is 7.74. The molecule has 0 bridgehead atoms. The monoisotopic (exact) mass is 340 g/mol. The summed E-state index contributed by atoms with van der Waals surface area (Å²) in [5.74, 6) is 0.700. The van der Waals surface area contributed by atoms with Gasteiger partial charge in [0.05, 0.1) is 0 Å². The van der Waals surface area contributed by atoms with Crippen molar-refractivity contribution in [3.05, 3.63) is 64.2 Å². The number of phenolic OH excluding ortho intramolecular Hbond substituents is 1. The quantitative estimate of drug-likeness (QED) is 0.753. The molecule has 0 aliphatic carbocycles. The minimum Gasteiger partial charge on any atom is -0.508 e. The van der Waals surface area contributed by atoms with Gasteiger partial charge >= 0.3 is 0 Å². The maximum Gasteiger partial charge on any atom is 0.137 e. The van der Waals surface area contributed by atoms with E-state index in [9.17, 15) is 9.90 Å². The zero-order valence-electron chi connectivity index (χ0n) is 16.7. The van der Waals surface area contributed by atoms with Gasteiger partial charge in [-0.1, -0.05) is 58.0 Å². The molecule has 2 aromatic rings. The van der Waals surface area contributed by atoms with Gasteiger partial charge in [0.25, 0.3) is 0 Å². The Morgan fingerprint density at radius 2 is 1.40 bits per heavy atom. The molecule has 2 nitrogen and oxygen atoms in total. The first-order valence-corrected chi connectivity index (χ1v) is 8.92. The van der Waals surface area contributed by atoms with Gasteiger partial charge in [0.15, 0.2) is 0 Å². The number of carbonyl (C=O) groups excluding carboxylic acids is 1. The normalized spacial score (nSPS) is 10.8. The highest BCUT2D eigenvalue weighted by Gasteiger charge is 2.17. The van der Waals surface area contributed by atoms with Crippen molar-refractivity contribution in [2.45, 2.75) is 61.3 Å². The summed E-state index contributed by atoms with van der Waals surface area (Å²) < 4.78 is 0. The fourth-order valence-corrected chi connectivity index (χ4v) is 2.51. The Kier molecular flexibility index (Phi) is 7.41. The van der Waals surface area contributed by atoms with Crippen LogP contribution in [0.4, 0.5) is 0 Å². The van der Waals surface area contributed by atoms with Gasteiger partial charge in [0.2, 0.25) is 0 Å². The third kappa shape index (κ3) is 6.74. The Hall–Kier alpha value is -2.09. The minimum atomic E-state index is -0.130. The summed E-state index contributed by atoms with van der Waals surface area (Å²) in [7, 11) is 0. The van der Waals surface area contributed by atoms with E-state index in [0.29, 0.717) is 18.0 Å². The van der Waals surface area contributed by atoms with Gasteiger partial charge in [-0.3, -0.25) is 4.79 Å². The average molecular weight is 341 g/mol. The molecule has 0 saturated heterocycles. The lowest BCUT2D eigenvalue weighted by Crippen LogP contribution is -2.18. The van der Waals surface area contributed by atoms with Crippen molar-refractivity contribution in [3.63, 3.8) is 0 Å². The lowest BCUT2D eigenvalue weighted by molar-refractivity contribution is -0.125. The van der Waals surface area contributed by atoms with Crippen molar-refractivity contribution in [2.24, 2.45) is 5.41 Å². The van der Waals surface area contributed by atoms with Gasteiger partial charge in [0.1, 0.15) is 11.5 Å². The molecule has 0 amide bonds. The van der Waals surface area contributed by atoms with E-state index in [4.69, 9.17) is 0 Å². The molecule has 0 atom stereocenters. The van der Waals surface area contributed by atoms with Crippen LogP contribution in [0, 0.1) is 26.2 Å². The molecule has 2 aromatic carbocycles. The molecule has 136 valence electrons. The molecule has 2 heteroatoms. The number of benzene rings is 2. The van der Waals surface area contributed by atoms with E-state index in [2.05, 4.69) is 32.0 Å². The van der Waals surface area contributed by atoms with Crippen LogP contribution < -0.4 is 0 Å². The molecule has 2 rings (SSSR count). The Balaban J connectivity index is 0.000000333. The smallest absolute Gasteiger partial charge is 0.137 e.